The summed E-state index contributed by atoms with van der Waals surface area (Å²) in [5.41, 5.74) is 3.88. The summed E-state index contributed by atoms with van der Waals surface area (Å²) in [7, 11) is 0. The summed E-state index contributed by atoms with van der Waals surface area (Å²) in [4.78, 5) is 11.5. The highest BCUT2D eigenvalue weighted by Crippen LogP contribution is 2.20. The normalized spacial score (nSPS) is 10.7. The van der Waals surface area contributed by atoms with Crippen LogP contribution in [0.1, 0.15) is 62.6 Å². The molecule has 0 saturated heterocycles. The van der Waals surface area contributed by atoms with E-state index in [0.717, 1.165) is 12.8 Å². The van der Waals surface area contributed by atoms with E-state index in [1.165, 1.54) is 16.7 Å². The fraction of sp³-hybridized carbons (Fsp3) is 0.562. The van der Waals surface area contributed by atoms with Gasteiger partial charge >= 0.3 is 0 Å². The highest BCUT2D eigenvalue weighted by atomic mass is 16.1. The summed E-state index contributed by atoms with van der Waals surface area (Å²) in [5, 5.41) is 2.98. The van der Waals surface area contributed by atoms with Crippen LogP contribution in [0.25, 0.3) is 0 Å². The SMILES string of the molecule is CCCCC(=O)NCc1ccc(C)c(C(C)C)c1. The molecule has 0 spiro atoms. The minimum Gasteiger partial charge on any atom is -0.352 e. The number of carbonyl (C=O) groups excluding carboxylic acids is 1. The van der Waals surface area contributed by atoms with E-state index in [-0.39, 0.29) is 5.91 Å². The highest BCUT2D eigenvalue weighted by molar-refractivity contribution is 5.75. The molecule has 0 fully saturated rings. The Bertz CT molecular complexity index is 396. The summed E-state index contributed by atoms with van der Waals surface area (Å²) >= 11 is 0. The highest BCUT2D eigenvalue weighted by Gasteiger charge is 2.05. The molecule has 0 radical (unpaired) electrons. The number of nitrogens with one attached hydrogen (secondary N) is 1. The van der Waals surface area contributed by atoms with Gasteiger partial charge in [-0.1, -0.05) is 45.4 Å². The van der Waals surface area contributed by atoms with Crippen molar-refractivity contribution in [2.24, 2.45) is 0 Å². The van der Waals surface area contributed by atoms with E-state index < -0.39 is 0 Å². The Balaban J connectivity index is 2.57. The van der Waals surface area contributed by atoms with Crippen LogP contribution in [-0.4, -0.2) is 5.91 Å². The smallest absolute Gasteiger partial charge is 0.220 e. The number of hydrogen-bond donors (Lipinski definition) is 1. The van der Waals surface area contributed by atoms with E-state index in [1.54, 1.807) is 0 Å². The van der Waals surface area contributed by atoms with Gasteiger partial charge in [-0.15, -0.1) is 0 Å². The maximum absolute atomic E-state index is 11.5. The molecule has 18 heavy (non-hydrogen) atoms. The van der Waals surface area contributed by atoms with Gasteiger partial charge in [0, 0.05) is 13.0 Å². The van der Waals surface area contributed by atoms with Crippen molar-refractivity contribution in [1.29, 1.82) is 0 Å². The Morgan fingerprint density at radius 3 is 2.67 bits per heavy atom. The van der Waals surface area contributed by atoms with Gasteiger partial charge < -0.3 is 5.32 Å². The molecular weight excluding hydrogens is 222 g/mol. The molecule has 1 amide bonds. The van der Waals surface area contributed by atoms with Crippen LogP contribution in [0.5, 0.6) is 0 Å². The molecular formula is C16H25NO. The van der Waals surface area contributed by atoms with E-state index in [2.05, 4.69) is 51.2 Å². The molecule has 1 aromatic rings. The Hall–Kier alpha value is -1.31. The monoisotopic (exact) mass is 247 g/mol. The quantitative estimate of drug-likeness (QED) is 0.811. The molecule has 0 heterocycles. The lowest BCUT2D eigenvalue weighted by Gasteiger charge is -2.12. The second-order valence-electron chi connectivity index (χ2n) is 5.23. The number of rotatable bonds is 6. The maximum Gasteiger partial charge on any atom is 0.220 e. The standard InChI is InChI=1S/C16H25NO/c1-5-6-7-16(18)17-11-14-9-8-13(4)15(10-14)12(2)3/h8-10,12H,5-7,11H2,1-4H3,(H,17,18). The van der Waals surface area contributed by atoms with Crippen LogP contribution >= 0.6 is 0 Å². The Morgan fingerprint density at radius 2 is 2.06 bits per heavy atom. The first-order valence-electron chi connectivity index (χ1n) is 6.90. The molecule has 1 aromatic carbocycles. The average Bonchev–Trinajstić information content (AvgIpc) is 2.35. The second-order valence-corrected chi connectivity index (χ2v) is 5.23. The summed E-state index contributed by atoms with van der Waals surface area (Å²) in [6.07, 6.45) is 2.67. The van der Waals surface area contributed by atoms with Gasteiger partial charge in [0.25, 0.3) is 0 Å². The van der Waals surface area contributed by atoms with E-state index in [9.17, 15) is 4.79 Å². The number of benzene rings is 1. The first kappa shape index (κ1) is 14.7. The lowest BCUT2D eigenvalue weighted by atomic mass is 9.96. The number of hydrogen-bond acceptors (Lipinski definition) is 1. The van der Waals surface area contributed by atoms with Crippen molar-refractivity contribution < 1.29 is 4.79 Å². The van der Waals surface area contributed by atoms with Gasteiger partial charge in [-0.3, -0.25) is 4.79 Å². The zero-order valence-corrected chi connectivity index (χ0v) is 12.0. The van der Waals surface area contributed by atoms with Gasteiger partial charge in [0.1, 0.15) is 0 Å². The topological polar surface area (TPSA) is 29.1 Å². The molecule has 1 N–H and O–H groups in total. The van der Waals surface area contributed by atoms with Crippen molar-refractivity contribution in [1.82, 2.24) is 5.32 Å². The Kier molecular flexibility index (Phi) is 5.90. The van der Waals surface area contributed by atoms with Crippen LogP contribution in [0.15, 0.2) is 18.2 Å². The molecule has 0 saturated carbocycles. The van der Waals surface area contributed by atoms with E-state index in [4.69, 9.17) is 0 Å². The lowest BCUT2D eigenvalue weighted by molar-refractivity contribution is -0.121. The number of unbranched alkanes of at least 4 members (excludes halogenated alkanes) is 1. The van der Waals surface area contributed by atoms with Gasteiger partial charge in [-0.25, -0.2) is 0 Å². The van der Waals surface area contributed by atoms with Crippen LogP contribution in [0.4, 0.5) is 0 Å². The fourth-order valence-electron chi connectivity index (χ4n) is 2.05. The summed E-state index contributed by atoms with van der Waals surface area (Å²) < 4.78 is 0. The predicted molar refractivity (Wildman–Crippen MR) is 76.6 cm³/mol. The molecule has 0 unspecified atom stereocenters. The van der Waals surface area contributed by atoms with Crippen molar-refractivity contribution in [3.8, 4) is 0 Å². The fourth-order valence-corrected chi connectivity index (χ4v) is 2.05. The zero-order valence-electron chi connectivity index (χ0n) is 12.0. The number of amides is 1. The Morgan fingerprint density at radius 1 is 1.33 bits per heavy atom. The second kappa shape index (κ2) is 7.20. The molecule has 0 atom stereocenters. The average molecular weight is 247 g/mol. The Labute approximate surface area is 111 Å². The predicted octanol–water partition coefficient (Wildman–Crippen LogP) is 3.92. The molecule has 100 valence electrons. The minimum atomic E-state index is 0.156. The van der Waals surface area contributed by atoms with Crippen molar-refractivity contribution in [2.75, 3.05) is 0 Å². The summed E-state index contributed by atoms with van der Waals surface area (Å²) in [6, 6.07) is 6.45. The molecule has 0 aliphatic rings. The first-order chi connectivity index (χ1) is 8.54. The van der Waals surface area contributed by atoms with Crippen LogP contribution in [0.3, 0.4) is 0 Å². The van der Waals surface area contributed by atoms with Crippen molar-refractivity contribution >= 4 is 5.91 Å². The number of aryl methyl sites for hydroxylation is 1. The van der Waals surface area contributed by atoms with Gasteiger partial charge in [-0.05, 0) is 36.0 Å². The molecule has 1 rings (SSSR count). The van der Waals surface area contributed by atoms with E-state index in [1.807, 2.05) is 0 Å². The van der Waals surface area contributed by atoms with Gasteiger partial charge in [-0.2, -0.15) is 0 Å². The van der Waals surface area contributed by atoms with Crippen molar-refractivity contribution in [3.63, 3.8) is 0 Å². The largest absolute Gasteiger partial charge is 0.352 e. The molecule has 0 bridgehead atoms. The molecule has 0 aliphatic heterocycles. The van der Waals surface area contributed by atoms with Gasteiger partial charge in [0.15, 0.2) is 0 Å². The molecule has 0 aliphatic carbocycles. The van der Waals surface area contributed by atoms with Gasteiger partial charge in [0.2, 0.25) is 5.91 Å². The molecule has 2 heteroatoms. The van der Waals surface area contributed by atoms with Crippen LogP contribution < -0.4 is 5.32 Å². The van der Waals surface area contributed by atoms with Crippen LogP contribution in [0, 0.1) is 6.92 Å². The van der Waals surface area contributed by atoms with E-state index in [0.29, 0.717) is 18.9 Å². The lowest BCUT2D eigenvalue weighted by Crippen LogP contribution is -2.22. The van der Waals surface area contributed by atoms with Crippen molar-refractivity contribution in [2.45, 2.75) is 59.4 Å². The maximum atomic E-state index is 11.5. The van der Waals surface area contributed by atoms with E-state index >= 15 is 0 Å². The van der Waals surface area contributed by atoms with Crippen LogP contribution in [0.2, 0.25) is 0 Å². The summed E-state index contributed by atoms with van der Waals surface area (Å²) in [5.74, 6) is 0.685. The first-order valence-corrected chi connectivity index (χ1v) is 6.90. The van der Waals surface area contributed by atoms with Crippen molar-refractivity contribution in [3.05, 3.63) is 34.9 Å². The third-order valence-corrected chi connectivity index (χ3v) is 3.21. The number of carbonyl (C=O) groups is 1. The molecule has 0 aromatic heterocycles. The zero-order chi connectivity index (χ0) is 13.5. The van der Waals surface area contributed by atoms with Crippen LogP contribution in [-0.2, 0) is 11.3 Å². The molecule has 2 nitrogen and oxygen atoms in total. The minimum absolute atomic E-state index is 0.156. The summed E-state index contributed by atoms with van der Waals surface area (Å²) in [6.45, 7) is 9.28. The third-order valence-electron chi connectivity index (χ3n) is 3.21. The third kappa shape index (κ3) is 4.52. The van der Waals surface area contributed by atoms with Gasteiger partial charge in [0.05, 0.1) is 0 Å².